The Kier molecular flexibility index (Phi) is 7.53. The van der Waals surface area contributed by atoms with Crippen LogP contribution in [0, 0.1) is 6.92 Å². The third kappa shape index (κ3) is 5.39. The molecule has 1 amide bonds. The van der Waals surface area contributed by atoms with Crippen molar-refractivity contribution in [3.05, 3.63) is 53.1 Å². The molecule has 5 heteroatoms. The lowest BCUT2D eigenvalue weighted by Gasteiger charge is -2.18. The monoisotopic (exact) mass is 371 g/mol. The Hall–Kier alpha value is -2.69. The van der Waals surface area contributed by atoms with Gasteiger partial charge in [-0.2, -0.15) is 0 Å². The van der Waals surface area contributed by atoms with Gasteiger partial charge in [-0.3, -0.25) is 4.79 Å². The number of benzene rings is 2. The summed E-state index contributed by atoms with van der Waals surface area (Å²) in [5.74, 6) is 1.77. The quantitative estimate of drug-likeness (QED) is 0.717. The summed E-state index contributed by atoms with van der Waals surface area (Å²) in [4.78, 5) is 12.5. The third-order valence-electron chi connectivity index (χ3n) is 4.59. The van der Waals surface area contributed by atoms with Crippen molar-refractivity contribution in [2.75, 3.05) is 21.3 Å². The Morgan fingerprint density at radius 3 is 2.07 bits per heavy atom. The molecule has 0 spiro atoms. The van der Waals surface area contributed by atoms with Crippen LogP contribution in [-0.4, -0.2) is 27.2 Å². The maximum Gasteiger partial charge on any atom is 0.220 e. The molecule has 5 nitrogen and oxygen atoms in total. The Balaban J connectivity index is 2.03. The normalized spacial score (nSPS) is 11.6. The fraction of sp³-hybridized carbons (Fsp3) is 0.409. The summed E-state index contributed by atoms with van der Waals surface area (Å²) in [5, 5.41) is 3.13. The van der Waals surface area contributed by atoms with E-state index in [9.17, 15) is 4.79 Å². The number of hydrogen-bond donors (Lipinski definition) is 1. The zero-order valence-corrected chi connectivity index (χ0v) is 16.8. The molecule has 1 N–H and O–H groups in total. The number of aryl methyl sites for hydroxylation is 2. The Morgan fingerprint density at radius 1 is 1.00 bits per heavy atom. The van der Waals surface area contributed by atoms with Gasteiger partial charge in [0.2, 0.25) is 11.7 Å². The molecule has 0 bridgehead atoms. The van der Waals surface area contributed by atoms with Gasteiger partial charge in [-0.05, 0) is 43.0 Å². The van der Waals surface area contributed by atoms with Crippen LogP contribution < -0.4 is 19.5 Å². The van der Waals surface area contributed by atoms with Gasteiger partial charge in [0.1, 0.15) is 0 Å². The molecule has 0 saturated carbocycles. The van der Waals surface area contributed by atoms with Crippen molar-refractivity contribution in [3.63, 3.8) is 0 Å². The topological polar surface area (TPSA) is 56.8 Å². The molecule has 27 heavy (non-hydrogen) atoms. The lowest BCUT2D eigenvalue weighted by atomic mass is 10.0. The minimum Gasteiger partial charge on any atom is -0.493 e. The maximum absolute atomic E-state index is 12.5. The van der Waals surface area contributed by atoms with Gasteiger partial charge < -0.3 is 19.5 Å². The molecular weight excluding hydrogens is 342 g/mol. The van der Waals surface area contributed by atoms with Crippen LogP contribution in [0.25, 0.3) is 0 Å². The van der Waals surface area contributed by atoms with Gasteiger partial charge in [0.25, 0.3) is 0 Å². The zero-order chi connectivity index (χ0) is 19.8. The first-order chi connectivity index (χ1) is 13.0. The van der Waals surface area contributed by atoms with Crippen LogP contribution in [0.2, 0.25) is 0 Å². The summed E-state index contributed by atoms with van der Waals surface area (Å²) in [6.07, 6.45) is 1.83. The number of carbonyl (C=O) groups excluding carboxylic acids is 1. The first kappa shape index (κ1) is 20.6. The van der Waals surface area contributed by atoms with E-state index < -0.39 is 0 Å². The van der Waals surface area contributed by atoms with Gasteiger partial charge in [0.05, 0.1) is 27.4 Å². The Morgan fingerprint density at radius 2 is 1.59 bits per heavy atom. The Labute approximate surface area is 161 Å². The second-order valence-electron chi connectivity index (χ2n) is 6.47. The molecule has 0 aliphatic heterocycles. The molecule has 0 radical (unpaired) electrons. The van der Waals surface area contributed by atoms with Crippen molar-refractivity contribution in [2.24, 2.45) is 0 Å². The summed E-state index contributed by atoms with van der Waals surface area (Å²) < 4.78 is 16.1. The second-order valence-corrected chi connectivity index (χ2v) is 6.47. The standard InChI is InChI=1S/C22H29NO4/c1-6-18(17-10-7-15(2)8-11-17)23-21(24)12-9-16-13-19(25-3)22(27-5)20(14-16)26-4/h7-8,10-11,13-14,18H,6,9,12H2,1-5H3,(H,23,24). The number of methoxy groups -OCH3 is 3. The van der Waals surface area contributed by atoms with Gasteiger partial charge in [-0.1, -0.05) is 36.8 Å². The highest BCUT2D eigenvalue weighted by molar-refractivity contribution is 5.76. The zero-order valence-electron chi connectivity index (χ0n) is 16.8. The van der Waals surface area contributed by atoms with Crippen LogP contribution >= 0.6 is 0 Å². The third-order valence-corrected chi connectivity index (χ3v) is 4.59. The van der Waals surface area contributed by atoms with E-state index in [-0.39, 0.29) is 11.9 Å². The van der Waals surface area contributed by atoms with Crippen LogP contribution in [0.3, 0.4) is 0 Å². The number of rotatable bonds is 9. The summed E-state index contributed by atoms with van der Waals surface area (Å²) in [6.45, 7) is 4.13. The van der Waals surface area contributed by atoms with Crippen molar-refractivity contribution in [1.29, 1.82) is 0 Å². The minimum atomic E-state index is 0.0242. The number of hydrogen-bond acceptors (Lipinski definition) is 4. The number of amides is 1. The fourth-order valence-corrected chi connectivity index (χ4v) is 3.02. The molecule has 0 aliphatic carbocycles. The van der Waals surface area contributed by atoms with E-state index in [1.54, 1.807) is 21.3 Å². The molecule has 0 saturated heterocycles. The highest BCUT2D eigenvalue weighted by Gasteiger charge is 2.15. The molecular formula is C22H29NO4. The smallest absolute Gasteiger partial charge is 0.220 e. The predicted octanol–water partition coefficient (Wildman–Crippen LogP) is 4.22. The fourth-order valence-electron chi connectivity index (χ4n) is 3.02. The van der Waals surface area contributed by atoms with Crippen LogP contribution in [0.4, 0.5) is 0 Å². The summed E-state index contributed by atoms with van der Waals surface area (Å²) in [6, 6.07) is 12.1. The van der Waals surface area contributed by atoms with E-state index in [4.69, 9.17) is 14.2 Å². The summed E-state index contributed by atoms with van der Waals surface area (Å²) >= 11 is 0. The minimum absolute atomic E-state index is 0.0242. The van der Waals surface area contributed by atoms with Gasteiger partial charge in [0.15, 0.2) is 11.5 Å². The van der Waals surface area contributed by atoms with E-state index >= 15 is 0 Å². The second kappa shape index (κ2) is 9.86. The average Bonchev–Trinajstić information content (AvgIpc) is 2.70. The Bertz CT molecular complexity index is 730. The van der Waals surface area contributed by atoms with Crippen molar-refractivity contribution < 1.29 is 19.0 Å². The van der Waals surface area contributed by atoms with Gasteiger partial charge in [0, 0.05) is 6.42 Å². The first-order valence-corrected chi connectivity index (χ1v) is 9.17. The largest absolute Gasteiger partial charge is 0.493 e. The molecule has 0 heterocycles. The molecule has 2 aromatic rings. The number of carbonyl (C=O) groups is 1. The van der Waals surface area contributed by atoms with Gasteiger partial charge >= 0.3 is 0 Å². The molecule has 0 aliphatic rings. The number of nitrogens with one attached hydrogen (secondary N) is 1. The van der Waals surface area contributed by atoms with Gasteiger partial charge in [-0.25, -0.2) is 0 Å². The maximum atomic E-state index is 12.5. The van der Waals surface area contributed by atoms with Crippen molar-refractivity contribution in [2.45, 2.75) is 39.2 Å². The molecule has 146 valence electrons. The van der Waals surface area contributed by atoms with Crippen LogP contribution in [0.5, 0.6) is 17.2 Å². The van der Waals surface area contributed by atoms with Crippen LogP contribution in [0.15, 0.2) is 36.4 Å². The summed E-state index contributed by atoms with van der Waals surface area (Å²) in [5.41, 5.74) is 3.30. The van der Waals surface area contributed by atoms with Crippen molar-refractivity contribution >= 4 is 5.91 Å². The van der Waals surface area contributed by atoms with Crippen molar-refractivity contribution in [3.8, 4) is 17.2 Å². The van der Waals surface area contributed by atoms with Crippen LogP contribution in [0.1, 0.15) is 42.5 Å². The van der Waals surface area contributed by atoms with E-state index in [1.165, 1.54) is 5.56 Å². The highest BCUT2D eigenvalue weighted by Crippen LogP contribution is 2.38. The highest BCUT2D eigenvalue weighted by atomic mass is 16.5. The number of ether oxygens (including phenoxy) is 3. The van der Waals surface area contributed by atoms with Crippen LogP contribution in [-0.2, 0) is 11.2 Å². The van der Waals surface area contributed by atoms with E-state index in [0.29, 0.717) is 30.1 Å². The van der Waals surface area contributed by atoms with E-state index in [2.05, 4.69) is 43.4 Å². The summed E-state index contributed by atoms with van der Waals surface area (Å²) in [7, 11) is 4.74. The SMILES string of the molecule is CCC(NC(=O)CCc1cc(OC)c(OC)c(OC)c1)c1ccc(C)cc1. The molecule has 1 atom stereocenters. The predicted molar refractivity (Wildman–Crippen MR) is 107 cm³/mol. The average molecular weight is 371 g/mol. The lowest BCUT2D eigenvalue weighted by Crippen LogP contribution is -2.28. The molecule has 2 aromatic carbocycles. The molecule has 0 fully saturated rings. The molecule has 1 unspecified atom stereocenters. The molecule has 0 aromatic heterocycles. The lowest BCUT2D eigenvalue weighted by molar-refractivity contribution is -0.121. The first-order valence-electron chi connectivity index (χ1n) is 9.17. The van der Waals surface area contributed by atoms with E-state index in [0.717, 1.165) is 17.5 Å². The molecule has 2 rings (SSSR count). The van der Waals surface area contributed by atoms with Gasteiger partial charge in [-0.15, -0.1) is 0 Å². The van der Waals surface area contributed by atoms with Crippen molar-refractivity contribution in [1.82, 2.24) is 5.32 Å². The van der Waals surface area contributed by atoms with E-state index in [1.807, 2.05) is 12.1 Å².